The molecular weight excluding hydrogens is 578 g/mol. The van der Waals surface area contributed by atoms with Crippen molar-refractivity contribution in [3.63, 3.8) is 0 Å². The molecule has 1 spiro atoms. The SMILES string of the molecule is Cn1c(=Cc2cc(C(CC3C4(CCC5[C@]3(C)CC[C@@H](O)[C@@]5(C)CO)CO4)Nc3ccccn3)c(O)o2)nc2c1=NC(N)=NC2=O. The maximum Gasteiger partial charge on any atom is 0.302 e. The number of aliphatic imine (C=N–C) groups is 1. The van der Waals surface area contributed by atoms with Crippen LogP contribution in [-0.4, -0.2) is 66.6 Å². The van der Waals surface area contributed by atoms with Crippen LogP contribution in [0, 0.1) is 22.7 Å². The number of anilines is 1. The van der Waals surface area contributed by atoms with E-state index in [-0.39, 0.29) is 47.1 Å². The van der Waals surface area contributed by atoms with E-state index in [0.717, 1.165) is 19.3 Å². The number of carbonyl (C=O) groups excluding carboxylic acids is 1. The maximum atomic E-state index is 12.4. The van der Waals surface area contributed by atoms with Crippen LogP contribution in [0.5, 0.6) is 5.95 Å². The highest BCUT2D eigenvalue weighted by molar-refractivity contribution is 6.03. The molecule has 45 heavy (non-hydrogen) atoms. The van der Waals surface area contributed by atoms with Crippen LogP contribution in [-0.2, 0) is 11.8 Å². The Morgan fingerprint density at radius 1 is 1.24 bits per heavy atom. The monoisotopic (exact) mass is 617 g/mol. The fraction of sp³-hybridized carbons (Fsp3) is 0.531. The molecule has 3 aromatic rings. The Kier molecular flexibility index (Phi) is 6.91. The van der Waals surface area contributed by atoms with Crippen LogP contribution in [0.25, 0.3) is 6.08 Å². The zero-order chi connectivity index (χ0) is 31.7. The van der Waals surface area contributed by atoms with Crippen LogP contribution in [0.1, 0.15) is 73.8 Å². The van der Waals surface area contributed by atoms with Gasteiger partial charge in [0.25, 0.3) is 5.95 Å². The summed E-state index contributed by atoms with van der Waals surface area (Å²) in [5.41, 5.74) is 5.86. The molecule has 238 valence electrons. The van der Waals surface area contributed by atoms with Gasteiger partial charge in [0.15, 0.2) is 11.2 Å². The Morgan fingerprint density at radius 2 is 2.04 bits per heavy atom. The van der Waals surface area contributed by atoms with Gasteiger partial charge in [0.1, 0.15) is 17.1 Å². The number of aliphatic hydroxyl groups is 2. The lowest BCUT2D eigenvalue weighted by molar-refractivity contribution is -0.177. The fourth-order valence-electron chi connectivity index (χ4n) is 8.50. The van der Waals surface area contributed by atoms with Gasteiger partial charge in [-0.15, -0.1) is 0 Å². The van der Waals surface area contributed by atoms with Gasteiger partial charge >= 0.3 is 5.91 Å². The lowest BCUT2D eigenvalue weighted by Gasteiger charge is -2.61. The van der Waals surface area contributed by atoms with E-state index < -0.39 is 23.5 Å². The zero-order valence-corrected chi connectivity index (χ0v) is 25.6. The molecule has 5 heterocycles. The number of carbonyl (C=O) groups is 1. The summed E-state index contributed by atoms with van der Waals surface area (Å²) < 4.78 is 13.7. The van der Waals surface area contributed by atoms with E-state index in [2.05, 4.69) is 32.2 Å². The number of amides is 1. The summed E-state index contributed by atoms with van der Waals surface area (Å²) in [7, 11) is 1.71. The number of hydrogen-bond donors (Lipinski definition) is 5. The van der Waals surface area contributed by atoms with E-state index in [4.69, 9.17) is 14.9 Å². The first-order chi connectivity index (χ1) is 21.5. The maximum absolute atomic E-state index is 12.4. The number of aromatic hydroxyl groups is 1. The smallest absolute Gasteiger partial charge is 0.302 e. The lowest BCUT2D eigenvalue weighted by atomic mass is 9.44. The minimum atomic E-state index is -0.615. The minimum absolute atomic E-state index is 0.0596. The summed E-state index contributed by atoms with van der Waals surface area (Å²) in [6.45, 7) is 4.86. The number of pyridine rings is 1. The fourth-order valence-corrected chi connectivity index (χ4v) is 8.50. The summed E-state index contributed by atoms with van der Waals surface area (Å²) in [5, 5.41) is 36.3. The summed E-state index contributed by atoms with van der Waals surface area (Å²) in [6.07, 6.45) is 6.47. The predicted molar refractivity (Wildman–Crippen MR) is 163 cm³/mol. The first-order valence-electron chi connectivity index (χ1n) is 15.4. The number of aliphatic hydroxyl groups excluding tert-OH is 2. The number of hydrogen-bond acceptors (Lipinski definition) is 11. The van der Waals surface area contributed by atoms with E-state index in [1.54, 1.807) is 30.0 Å². The molecule has 3 fully saturated rings. The number of ether oxygens (including phenoxy) is 1. The Bertz CT molecular complexity index is 1800. The molecule has 1 amide bonds. The van der Waals surface area contributed by atoms with Gasteiger partial charge in [-0.1, -0.05) is 19.9 Å². The normalized spacial score (nSPS) is 33.3. The Labute approximate surface area is 259 Å². The van der Waals surface area contributed by atoms with Crippen molar-refractivity contribution in [3.8, 4) is 5.95 Å². The van der Waals surface area contributed by atoms with Gasteiger partial charge in [0, 0.05) is 24.7 Å². The number of fused-ring (bicyclic) bond motifs is 2. The molecule has 2 aliphatic heterocycles. The molecule has 4 aliphatic rings. The second-order valence-corrected chi connectivity index (χ2v) is 13.5. The van der Waals surface area contributed by atoms with Crippen molar-refractivity contribution in [2.24, 2.45) is 45.4 Å². The highest BCUT2D eigenvalue weighted by atomic mass is 16.6. The molecular formula is C32H39N7O6. The molecule has 3 aromatic heterocycles. The molecule has 7 rings (SSSR count). The summed E-state index contributed by atoms with van der Waals surface area (Å²) in [4.78, 5) is 29.1. The van der Waals surface area contributed by atoms with Crippen molar-refractivity contribution in [3.05, 3.63) is 58.4 Å². The Morgan fingerprint density at radius 3 is 2.76 bits per heavy atom. The van der Waals surface area contributed by atoms with Crippen molar-refractivity contribution in [1.82, 2.24) is 14.5 Å². The average Bonchev–Trinajstić information content (AvgIpc) is 3.59. The summed E-state index contributed by atoms with van der Waals surface area (Å²) in [5.74, 6) is 0.182. The number of nitrogens with two attached hydrogens (primary N) is 1. The number of aromatic nitrogens is 3. The van der Waals surface area contributed by atoms with Gasteiger partial charge < -0.3 is 40.1 Å². The topological polar surface area (TPSA) is 197 Å². The first-order valence-corrected chi connectivity index (χ1v) is 15.4. The predicted octanol–water partition coefficient (Wildman–Crippen LogP) is 1.53. The molecule has 0 radical (unpaired) electrons. The first kappa shape index (κ1) is 29.6. The van der Waals surface area contributed by atoms with Gasteiger partial charge in [-0.3, -0.25) is 4.79 Å². The van der Waals surface area contributed by atoms with Crippen LogP contribution in [0.3, 0.4) is 0 Å². The van der Waals surface area contributed by atoms with Crippen LogP contribution >= 0.6 is 0 Å². The van der Waals surface area contributed by atoms with Gasteiger partial charge in [-0.05, 0) is 67.6 Å². The molecule has 13 heteroatoms. The third-order valence-corrected chi connectivity index (χ3v) is 11.1. The van der Waals surface area contributed by atoms with Crippen molar-refractivity contribution in [1.29, 1.82) is 0 Å². The van der Waals surface area contributed by atoms with Crippen molar-refractivity contribution in [2.75, 3.05) is 18.5 Å². The van der Waals surface area contributed by atoms with Gasteiger partial charge in [0.2, 0.25) is 5.96 Å². The molecule has 7 atom stereocenters. The molecule has 2 saturated carbocycles. The zero-order valence-electron chi connectivity index (χ0n) is 25.6. The molecule has 6 N–H and O–H groups in total. The second kappa shape index (κ2) is 10.5. The second-order valence-electron chi connectivity index (χ2n) is 13.5. The van der Waals surface area contributed by atoms with E-state index in [1.807, 2.05) is 25.1 Å². The summed E-state index contributed by atoms with van der Waals surface area (Å²) in [6, 6.07) is 6.95. The van der Waals surface area contributed by atoms with Crippen LogP contribution in [0.2, 0.25) is 0 Å². The van der Waals surface area contributed by atoms with E-state index in [1.165, 1.54) is 0 Å². The Hall–Kier alpha value is -4.07. The number of imidazole rings is 1. The number of guanidine groups is 1. The molecule has 2 aliphatic carbocycles. The van der Waals surface area contributed by atoms with Crippen LogP contribution in [0.4, 0.5) is 5.82 Å². The molecule has 0 aromatic carbocycles. The van der Waals surface area contributed by atoms with Gasteiger partial charge in [-0.25, -0.2) is 9.97 Å². The lowest BCUT2D eigenvalue weighted by Crippen LogP contribution is -2.60. The quantitative estimate of drug-likeness (QED) is 0.243. The number of nitrogens with zero attached hydrogens (tertiary/aromatic N) is 5. The minimum Gasteiger partial charge on any atom is -0.480 e. The number of nitrogens with one attached hydrogen (secondary N) is 1. The number of epoxide rings is 1. The highest BCUT2D eigenvalue weighted by Gasteiger charge is 2.67. The van der Waals surface area contributed by atoms with E-state index in [9.17, 15) is 20.1 Å². The van der Waals surface area contributed by atoms with Crippen molar-refractivity contribution < 1.29 is 29.3 Å². The third kappa shape index (κ3) is 4.75. The third-order valence-electron chi connectivity index (χ3n) is 11.1. The van der Waals surface area contributed by atoms with E-state index >= 15 is 0 Å². The summed E-state index contributed by atoms with van der Waals surface area (Å²) >= 11 is 0. The molecule has 4 unspecified atom stereocenters. The van der Waals surface area contributed by atoms with Crippen LogP contribution < -0.4 is 22.0 Å². The largest absolute Gasteiger partial charge is 0.480 e. The van der Waals surface area contributed by atoms with E-state index in [0.29, 0.717) is 47.6 Å². The molecule has 1 saturated heterocycles. The van der Waals surface area contributed by atoms with Crippen molar-refractivity contribution >= 4 is 23.8 Å². The molecule has 13 nitrogen and oxygen atoms in total. The number of rotatable bonds is 7. The Balaban J connectivity index is 1.28. The highest BCUT2D eigenvalue weighted by Crippen LogP contribution is 2.67. The molecule has 0 bridgehead atoms. The average molecular weight is 618 g/mol. The standard InChI is InChI=1S/C32H39N7O6/c1-30-9-8-22(41)31(2,15-40)20(30)7-10-32(16-44-32)21(30)14-19(35-23-6-4-5-11-34-23)18-12-17(45-28(18)43)13-24-36-25-26(39(24)3)37-29(33)38-27(25)42/h4-6,11-13,19-22,40-41,43H,7-10,14-16H2,1-3H3,(H,34,35)(H2,33,38,42)/t19?,20?,21?,22-,30+,31+,32?/m1/s1. The van der Waals surface area contributed by atoms with Crippen molar-refractivity contribution in [2.45, 2.75) is 63.7 Å². The van der Waals surface area contributed by atoms with Gasteiger partial charge in [-0.2, -0.15) is 9.98 Å². The van der Waals surface area contributed by atoms with Crippen LogP contribution in [0.15, 0.2) is 44.9 Å². The van der Waals surface area contributed by atoms with Gasteiger partial charge in [0.05, 0.1) is 36.5 Å². The number of furan rings is 1.